The maximum atomic E-state index is 12.2. The number of hydrogen-bond donors (Lipinski definition) is 1. The molecule has 1 fully saturated rings. The lowest BCUT2D eigenvalue weighted by Crippen LogP contribution is -2.47. The normalized spacial score (nSPS) is 14.9. The maximum absolute atomic E-state index is 12.2. The second-order valence-corrected chi connectivity index (χ2v) is 6.72. The van der Waals surface area contributed by atoms with Gasteiger partial charge in [0.05, 0.1) is 12.1 Å². The third-order valence-corrected chi connectivity index (χ3v) is 4.88. The molecule has 5 nitrogen and oxygen atoms in total. The number of halogens is 1. The minimum Gasteiger partial charge on any atom is -0.495 e. The second kappa shape index (κ2) is 8.92. The first-order valence-electron chi connectivity index (χ1n) is 8.81. The summed E-state index contributed by atoms with van der Waals surface area (Å²) >= 11 is 6.09. The van der Waals surface area contributed by atoms with E-state index >= 15 is 0 Å². The van der Waals surface area contributed by atoms with Gasteiger partial charge in [0, 0.05) is 50.5 Å². The first-order chi connectivity index (χ1) is 12.7. The van der Waals surface area contributed by atoms with Crippen molar-refractivity contribution in [3.05, 3.63) is 53.6 Å². The van der Waals surface area contributed by atoms with Crippen LogP contribution >= 0.6 is 11.6 Å². The Morgan fingerprint density at radius 2 is 1.85 bits per heavy atom. The average molecular weight is 374 g/mol. The Bertz CT molecular complexity index is 731. The highest BCUT2D eigenvalue weighted by molar-refractivity contribution is 6.32. The van der Waals surface area contributed by atoms with Crippen LogP contribution in [0.3, 0.4) is 0 Å². The summed E-state index contributed by atoms with van der Waals surface area (Å²) in [6, 6.07) is 15.7. The summed E-state index contributed by atoms with van der Waals surface area (Å²) in [5.41, 5.74) is 1.95. The number of nitrogens with zero attached hydrogens (tertiary/aromatic N) is 2. The van der Waals surface area contributed by atoms with Gasteiger partial charge in [0.15, 0.2) is 0 Å². The number of rotatable bonds is 6. The van der Waals surface area contributed by atoms with Crippen molar-refractivity contribution < 1.29 is 9.53 Å². The number of benzene rings is 2. The van der Waals surface area contributed by atoms with Gasteiger partial charge in [-0.1, -0.05) is 29.8 Å². The third kappa shape index (κ3) is 4.90. The van der Waals surface area contributed by atoms with Crippen molar-refractivity contribution >= 4 is 28.9 Å². The van der Waals surface area contributed by atoms with Crippen LogP contribution in [-0.2, 0) is 4.79 Å². The van der Waals surface area contributed by atoms with Crippen molar-refractivity contribution in [2.75, 3.05) is 50.1 Å². The number of anilines is 2. The van der Waals surface area contributed by atoms with Crippen LogP contribution in [0.2, 0.25) is 5.02 Å². The van der Waals surface area contributed by atoms with E-state index in [1.165, 1.54) is 5.69 Å². The van der Waals surface area contributed by atoms with Crippen molar-refractivity contribution in [2.24, 2.45) is 0 Å². The molecule has 0 aliphatic carbocycles. The summed E-state index contributed by atoms with van der Waals surface area (Å²) in [6.45, 7) is 4.67. The fourth-order valence-electron chi connectivity index (χ4n) is 3.10. The number of ether oxygens (including phenoxy) is 1. The smallest absolute Gasteiger partial charge is 0.225 e. The van der Waals surface area contributed by atoms with Gasteiger partial charge < -0.3 is 15.0 Å². The van der Waals surface area contributed by atoms with Gasteiger partial charge in [-0.3, -0.25) is 9.69 Å². The molecule has 1 aliphatic heterocycles. The zero-order valence-electron chi connectivity index (χ0n) is 15.0. The molecule has 2 aromatic rings. The van der Waals surface area contributed by atoms with Crippen LogP contribution in [0.5, 0.6) is 5.75 Å². The Morgan fingerprint density at radius 3 is 2.50 bits per heavy atom. The molecule has 0 unspecified atom stereocenters. The van der Waals surface area contributed by atoms with Gasteiger partial charge in [0.2, 0.25) is 5.91 Å². The number of para-hydroxylation sites is 1. The van der Waals surface area contributed by atoms with Crippen LogP contribution in [0, 0.1) is 0 Å². The molecule has 0 atom stereocenters. The van der Waals surface area contributed by atoms with Crippen molar-refractivity contribution in [1.29, 1.82) is 0 Å². The number of carbonyl (C=O) groups excluding carboxylic acids is 1. The number of amides is 1. The molecule has 1 heterocycles. The molecule has 2 aromatic carbocycles. The van der Waals surface area contributed by atoms with E-state index in [9.17, 15) is 4.79 Å². The minimum atomic E-state index is -0.00303. The third-order valence-electron chi connectivity index (χ3n) is 4.58. The Morgan fingerprint density at radius 1 is 1.12 bits per heavy atom. The molecular weight excluding hydrogens is 350 g/mol. The fraction of sp³-hybridized carbons (Fsp3) is 0.350. The largest absolute Gasteiger partial charge is 0.495 e. The minimum absolute atomic E-state index is 0.00303. The highest BCUT2D eigenvalue weighted by Gasteiger charge is 2.17. The summed E-state index contributed by atoms with van der Waals surface area (Å²) in [6.07, 6.45) is 0.467. The van der Waals surface area contributed by atoms with Gasteiger partial charge >= 0.3 is 0 Å². The van der Waals surface area contributed by atoms with Crippen LogP contribution in [0.4, 0.5) is 11.4 Å². The van der Waals surface area contributed by atoms with E-state index in [1.807, 2.05) is 6.07 Å². The average Bonchev–Trinajstić information content (AvgIpc) is 2.68. The van der Waals surface area contributed by atoms with Gasteiger partial charge in [0.25, 0.3) is 0 Å². The van der Waals surface area contributed by atoms with Crippen molar-refractivity contribution in [1.82, 2.24) is 4.90 Å². The summed E-state index contributed by atoms with van der Waals surface area (Å²) in [5.74, 6) is 0.595. The van der Waals surface area contributed by atoms with Crippen LogP contribution in [0.1, 0.15) is 6.42 Å². The molecule has 1 saturated heterocycles. The summed E-state index contributed by atoms with van der Waals surface area (Å²) in [4.78, 5) is 16.9. The lowest BCUT2D eigenvalue weighted by Gasteiger charge is -2.36. The van der Waals surface area contributed by atoms with Crippen LogP contribution in [-0.4, -0.2) is 50.6 Å². The fourth-order valence-corrected chi connectivity index (χ4v) is 3.35. The Kier molecular flexibility index (Phi) is 6.36. The number of carbonyl (C=O) groups is 1. The molecule has 0 spiro atoms. The van der Waals surface area contributed by atoms with E-state index < -0.39 is 0 Å². The molecule has 26 heavy (non-hydrogen) atoms. The van der Waals surface area contributed by atoms with E-state index in [-0.39, 0.29) is 5.91 Å². The van der Waals surface area contributed by atoms with E-state index in [0.717, 1.165) is 32.7 Å². The molecule has 0 saturated carbocycles. The summed E-state index contributed by atoms with van der Waals surface area (Å²) in [7, 11) is 1.57. The van der Waals surface area contributed by atoms with Gasteiger partial charge in [-0.2, -0.15) is 0 Å². The maximum Gasteiger partial charge on any atom is 0.225 e. The van der Waals surface area contributed by atoms with Gasteiger partial charge in [-0.05, 0) is 30.3 Å². The molecule has 0 aromatic heterocycles. The number of methoxy groups -OCH3 is 1. The molecule has 0 bridgehead atoms. The standard InChI is InChI=1S/C20H24ClN3O2/c1-26-19-8-7-16(15-18(19)21)22-20(25)9-10-23-11-13-24(14-12-23)17-5-3-2-4-6-17/h2-8,15H,9-14H2,1H3,(H,22,25). The number of hydrogen-bond acceptors (Lipinski definition) is 4. The monoisotopic (exact) mass is 373 g/mol. The first kappa shape index (κ1) is 18.5. The van der Waals surface area contributed by atoms with E-state index in [1.54, 1.807) is 25.3 Å². The predicted octanol–water partition coefficient (Wildman–Crippen LogP) is 3.50. The predicted molar refractivity (Wildman–Crippen MR) is 106 cm³/mol. The van der Waals surface area contributed by atoms with E-state index in [2.05, 4.69) is 39.4 Å². The zero-order valence-corrected chi connectivity index (χ0v) is 15.7. The highest BCUT2D eigenvalue weighted by Crippen LogP contribution is 2.27. The summed E-state index contributed by atoms with van der Waals surface area (Å²) < 4.78 is 5.12. The Labute approximate surface area is 159 Å². The Hall–Kier alpha value is -2.24. The van der Waals surface area contributed by atoms with Crippen LogP contribution < -0.4 is 15.0 Å². The van der Waals surface area contributed by atoms with Crippen molar-refractivity contribution in [3.8, 4) is 5.75 Å². The van der Waals surface area contributed by atoms with Crippen LogP contribution in [0.15, 0.2) is 48.5 Å². The summed E-state index contributed by atoms with van der Waals surface area (Å²) in [5, 5.41) is 3.38. The highest BCUT2D eigenvalue weighted by atomic mass is 35.5. The van der Waals surface area contributed by atoms with E-state index in [4.69, 9.17) is 16.3 Å². The molecule has 0 radical (unpaired) electrons. The van der Waals surface area contributed by atoms with Crippen molar-refractivity contribution in [2.45, 2.75) is 6.42 Å². The van der Waals surface area contributed by atoms with Gasteiger partial charge in [-0.25, -0.2) is 0 Å². The molecule has 138 valence electrons. The molecular formula is C20H24ClN3O2. The molecule has 3 rings (SSSR count). The molecule has 6 heteroatoms. The molecule has 1 N–H and O–H groups in total. The SMILES string of the molecule is COc1ccc(NC(=O)CCN2CCN(c3ccccc3)CC2)cc1Cl. The first-order valence-corrected chi connectivity index (χ1v) is 9.19. The zero-order chi connectivity index (χ0) is 18.4. The van der Waals surface area contributed by atoms with Gasteiger partial charge in [0.1, 0.15) is 5.75 Å². The van der Waals surface area contributed by atoms with Crippen molar-refractivity contribution in [3.63, 3.8) is 0 Å². The topological polar surface area (TPSA) is 44.8 Å². The number of nitrogens with one attached hydrogen (secondary N) is 1. The van der Waals surface area contributed by atoms with Crippen LogP contribution in [0.25, 0.3) is 0 Å². The molecule has 1 aliphatic rings. The van der Waals surface area contributed by atoms with E-state index in [0.29, 0.717) is 22.9 Å². The lowest BCUT2D eigenvalue weighted by molar-refractivity contribution is -0.116. The second-order valence-electron chi connectivity index (χ2n) is 6.31. The quantitative estimate of drug-likeness (QED) is 0.841. The van der Waals surface area contributed by atoms with Gasteiger partial charge in [-0.15, -0.1) is 0 Å². The Balaban J connectivity index is 1.42. The molecule has 1 amide bonds. The number of piperazine rings is 1. The lowest BCUT2D eigenvalue weighted by atomic mass is 10.2.